The van der Waals surface area contributed by atoms with Crippen LogP contribution in [0.2, 0.25) is 0 Å². The van der Waals surface area contributed by atoms with E-state index in [2.05, 4.69) is 5.32 Å². The molecule has 0 aliphatic rings. The van der Waals surface area contributed by atoms with Gasteiger partial charge in [0.05, 0.1) is 0 Å². The first-order valence-electron chi connectivity index (χ1n) is 3.95. The summed E-state index contributed by atoms with van der Waals surface area (Å²) in [6, 6.07) is 3.74. The monoisotopic (exact) mass is 207 g/mol. The van der Waals surface area contributed by atoms with E-state index in [4.69, 9.17) is 0 Å². The number of alkyl halides is 3. The summed E-state index contributed by atoms with van der Waals surface area (Å²) in [4.78, 5) is 0. The second kappa shape index (κ2) is 3.86. The van der Waals surface area contributed by atoms with Gasteiger partial charge in [-0.05, 0) is 30.7 Å². The van der Waals surface area contributed by atoms with Gasteiger partial charge in [0.25, 0.3) is 0 Å². The van der Waals surface area contributed by atoms with Crippen LogP contribution in [0, 0.1) is 12.7 Å². The minimum atomic E-state index is -4.26. The number of rotatable bonds is 2. The molecule has 14 heavy (non-hydrogen) atoms. The van der Waals surface area contributed by atoms with Crippen LogP contribution >= 0.6 is 0 Å². The Kier molecular flexibility index (Phi) is 2.98. The largest absolute Gasteiger partial charge is 0.405 e. The lowest BCUT2D eigenvalue weighted by molar-refractivity contribution is -0.115. The molecule has 78 valence electrons. The molecule has 0 aliphatic carbocycles. The van der Waals surface area contributed by atoms with Gasteiger partial charge >= 0.3 is 6.18 Å². The van der Waals surface area contributed by atoms with E-state index in [9.17, 15) is 17.6 Å². The molecule has 5 heteroatoms. The van der Waals surface area contributed by atoms with Crippen molar-refractivity contribution in [3.63, 3.8) is 0 Å². The molecule has 1 nitrogen and oxygen atoms in total. The van der Waals surface area contributed by atoms with Crippen molar-refractivity contribution in [1.29, 1.82) is 0 Å². The molecule has 0 unspecified atom stereocenters. The second-order valence-corrected chi connectivity index (χ2v) is 2.93. The summed E-state index contributed by atoms with van der Waals surface area (Å²) < 4.78 is 48.1. The molecule has 1 aromatic carbocycles. The third kappa shape index (κ3) is 3.24. The summed E-state index contributed by atoms with van der Waals surface area (Å²) in [5.74, 6) is -0.428. The van der Waals surface area contributed by atoms with Crippen LogP contribution in [0.5, 0.6) is 0 Å². The fourth-order valence-corrected chi connectivity index (χ4v) is 0.957. The molecule has 1 aromatic rings. The minimum Gasteiger partial charge on any atom is -0.376 e. The lowest BCUT2D eigenvalue weighted by Crippen LogP contribution is -2.21. The van der Waals surface area contributed by atoms with Crippen molar-refractivity contribution >= 4 is 5.69 Å². The predicted octanol–water partition coefficient (Wildman–Crippen LogP) is 3.11. The fraction of sp³-hybridized carbons (Fsp3) is 0.333. The summed E-state index contributed by atoms with van der Waals surface area (Å²) >= 11 is 0. The van der Waals surface area contributed by atoms with E-state index in [0.717, 1.165) is 6.07 Å². The highest BCUT2D eigenvalue weighted by atomic mass is 19.4. The Hall–Kier alpha value is -1.26. The SMILES string of the molecule is Cc1cc(NCC(F)(F)F)ccc1F. The standard InChI is InChI=1S/C9H9F4N/c1-6-4-7(2-3-8(6)10)14-5-9(11,12)13/h2-4,14H,5H2,1H3. The number of halogens is 4. The van der Waals surface area contributed by atoms with E-state index < -0.39 is 18.5 Å². The van der Waals surface area contributed by atoms with Crippen molar-refractivity contribution in [3.8, 4) is 0 Å². The van der Waals surface area contributed by atoms with E-state index in [1.54, 1.807) is 0 Å². The second-order valence-electron chi connectivity index (χ2n) is 2.93. The van der Waals surface area contributed by atoms with Gasteiger partial charge in [0.15, 0.2) is 0 Å². The summed E-state index contributed by atoms with van der Waals surface area (Å²) in [5, 5.41) is 2.16. The minimum absolute atomic E-state index is 0.265. The van der Waals surface area contributed by atoms with Crippen molar-refractivity contribution in [2.75, 3.05) is 11.9 Å². The number of anilines is 1. The number of hydrogen-bond donors (Lipinski definition) is 1. The summed E-state index contributed by atoms with van der Waals surface area (Å²) in [6.45, 7) is 0.381. The molecular weight excluding hydrogens is 198 g/mol. The van der Waals surface area contributed by atoms with Crippen LogP contribution in [0.25, 0.3) is 0 Å². The van der Waals surface area contributed by atoms with E-state index in [1.165, 1.54) is 19.1 Å². The Morgan fingerprint density at radius 1 is 1.29 bits per heavy atom. The van der Waals surface area contributed by atoms with Gasteiger partial charge in [0.2, 0.25) is 0 Å². The molecule has 0 radical (unpaired) electrons. The van der Waals surface area contributed by atoms with Crippen molar-refractivity contribution in [2.45, 2.75) is 13.1 Å². The zero-order valence-corrected chi connectivity index (χ0v) is 7.45. The van der Waals surface area contributed by atoms with Crippen LogP contribution < -0.4 is 5.32 Å². The van der Waals surface area contributed by atoms with Crippen LogP contribution in [-0.4, -0.2) is 12.7 Å². The third-order valence-corrected chi connectivity index (χ3v) is 1.65. The maximum absolute atomic E-state index is 12.7. The lowest BCUT2D eigenvalue weighted by atomic mass is 10.2. The number of nitrogens with one attached hydrogen (secondary N) is 1. The molecule has 0 amide bonds. The average molecular weight is 207 g/mol. The van der Waals surface area contributed by atoms with Gasteiger partial charge in [0.1, 0.15) is 12.4 Å². The first kappa shape index (κ1) is 10.8. The summed E-state index contributed by atoms with van der Waals surface area (Å²) in [7, 11) is 0. The van der Waals surface area contributed by atoms with Crippen LogP contribution in [0.1, 0.15) is 5.56 Å². The zero-order valence-electron chi connectivity index (χ0n) is 7.45. The Morgan fingerprint density at radius 3 is 2.43 bits per heavy atom. The molecule has 0 aromatic heterocycles. The Labute approximate surface area is 78.7 Å². The van der Waals surface area contributed by atoms with Crippen molar-refractivity contribution in [2.24, 2.45) is 0 Å². The van der Waals surface area contributed by atoms with E-state index in [0.29, 0.717) is 5.56 Å². The van der Waals surface area contributed by atoms with E-state index in [-0.39, 0.29) is 5.69 Å². The van der Waals surface area contributed by atoms with E-state index >= 15 is 0 Å². The van der Waals surface area contributed by atoms with Crippen LogP contribution in [0.15, 0.2) is 18.2 Å². The molecule has 1 N–H and O–H groups in total. The number of aryl methyl sites for hydroxylation is 1. The number of benzene rings is 1. The normalized spacial score (nSPS) is 11.5. The lowest BCUT2D eigenvalue weighted by Gasteiger charge is -2.09. The van der Waals surface area contributed by atoms with Crippen LogP contribution in [-0.2, 0) is 0 Å². The maximum Gasteiger partial charge on any atom is 0.405 e. The van der Waals surface area contributed by atoms with Gasteiger partial charge in [-0.2, -0.15) is 13.2 Å². The van der Waals surface area contributed by atoms with E-state index in [1.807, 2.05) is 0 Å². The molecule has 0 aliphatic heterocycles. The fourth-order valence-electron chi connectivity index (χ4n) is 0.957. The third-order valence-electron chi connectivity index (χ3n) is 1.65. The molecule has 0 fully saturated rings. The molecule has 0 heterocycles. The summed E-state index contributed by atoms with van der Waals surface area (Å²) in [5.41, 5.74) is 0.582. The first-order chi connectivity index (χ1) is 6.38. The summed E-state index contributed by atoms with van der Waals surface area (Å²) in [6.07, 6.45) is -4.26. The molecule has 0 atom stereocenters. The molecule has 0 saturated carbocycles. The van der Waals surface area contributed by atoms with Gasteiger partial charge < -0.3 is 5.32 Å². The first-order valence-corrected chi connectivity index (χ1v) is 3.95. The molecular formula is C9H9F4N. The highest BCUT2D eigenvalue weighted by Gasteiger charge is 2.26. The molecule has 1 rings (SSSR count). The predicted molar refractivity (Wildman–Crippen MR) is 45.7 cm³/mol. The van der Waals surface area contributed by atoms with Crippen molar-refractivity contribution in [1.82, 2.24) is 0 Å². The highest BCUT2D eigenvalue weighted by Crippen LogP contribution is 2.18. The van der Waals surface area contributed by atoms with Gasteiger partial charge in [-0.15, -0.1) is 0 Å². The average Bonchev–Trinajstić information content (AvgIpc) is 2.06. The van der Waals surface area contributed by atoms with Crippen molar-refractivity contribution < 1.29 is 17.6 Å². The Bertz CT molecular complexity index is 319. The van der Waals surface area contributed by atoms with Crippen molar-refractivity contribution in [3.05, 3.63) is 29.6 Å². The topological polar surface area (TPSA) is 12.0 Å². The Morgan fingerprint density at radius 2 is 1.93 bits per heavy atom. The molecule has 0 spiro atoms. The van der Waals surface area contributed by atoms with Gasteiger partial charge in [-0.1, -0.05) is 0 Å². The molecule has 0 saturated heterocycles. The van der Waals surface area contributed by atoms with Crippen LogP contribution in [0.3, 0.4) is 0 Å². The zero-order chi connectivity index (χ0) is 10.8. The molecule has 0 bridgehead atoms. The quantitative estimate of drug-likeness (QED) is 0.734. The highest BCUT2D eigenvalue weighted by molar-refractivity contribution is 5.45. The van der Waals surface area contributed by atoms with Gasteiger partial charge in [0, 0.05) is 5.69 Å². The maximum atomic E-state index is 12.7. The van der Waals surface area contributed by atoms with Gasteiger partial charge in [-0.25, -0.2) is 4.39 Å². The Balaban J connectivity index is 2.65. The van der Waals surface area contributed by atoms with Crippen LogP contribution in [0.4, 0.5) is 23.2 Å². The van der Waals surface area contributed by atoms with Gasteiger partial charge in [-0.3, -0.25) is 0 Å². The number of hydrogen-bond acceptors (Lipinski definition) is 1. The smallest absolute Gasteiger partial charge is 0.376 e.